The van der Waals surface area contributed by atoms with Crippen LogP contribution in [0.1, 0.15) is 15.9 Å². The van der Waals surface area contributed by atoms with Gasteiger partial charge in [-0.2, -0.15) is 0 Å². The lowest BCUT2D eigenvalue weighted by Crippen LogP contribution is -1.98. The summed E-state index contributed by atoms with van der Waals surface area (Å²) < 4.78 is 10.6. The average Bonchev–Trinajstić information content (AvgIpc) is 2.59. The summed E-state index contributed by atoms with van der Waals surface area (Å²) in [6, 6.07) is 12.4. The molecule has 0 aromatic heterocycles. The lowest BCUT2D eigenvalue weighted by molar-refractivity contribution is 0.104. The molecular weight excluding hydrogens is 312 g/mol. The molecule has 0 radical (unpaired) electrons. The van der Waals surface area contributed by atoms with Gasteiger partial charge in [-0.05, 0) is 23.8 Å². The molecule has 0 N–H and O–H groups in total. The van der Waals surface area contributed by atoms with Crippen LogP contribution in [-0.4, -0.2) is 19.5 Å². The van der Waals surface area contributed by atoms with Gasteiger partial charge in [0.1, 0.15) is 6.61 Å². The maximum absolute atomic E-state index is 12.1. The van der Waals surface area contributed by atoms with Crippen molar-refractivity contribution >= 4 is 23.5 Å². The molecule has 0 amide bonds. The van der Waals surface area contributed by atoms with Gasteiger partial charge in [-0.25, -0.2) is 0 Å². The van der Waals surface area contributed by atoms with Crippen molar-refractivity contribution in [3.05, 3.63) is 64.7 Å². The van der Waals surface area contributed by atoms with E-state index in [1.165, 1.54) is 13.2 Å². The van der Waals surface area contributed by atoms with Crippen molar-refractivity contribution in [3.63, 3.8) is 0 Å². The fourth-order valence-corrected chi connectivity index (χ4v) is 2.23. The fourth-order valence-electron chi connectivity index (χ4n) is 1.96. The predicted molar refractivity (Wildman–Crippen MR) is 92.1 cm³/mol. The number of ketones is 1. The van der Waals surface area contributed by atoms with E-state index in [2.05, 4.69) is 5.92 Å². The molecule has 0 aliphatic heterocycles. The molecule has 0 aliphatic rings. The molecule has 0 unspecified atom stereocenters. The molecule has 0 aliphatic carbocycles. The van der Waals surface area contributed by atoms with Crippen LogP contribution in [0.2, 0.25) is 5.02 Å². The van der Waals surface area contributed by atoms with E-state index >= 15 is 0 Å². The maximum atomic E-state index is 12.1. The van der Waals surface area contributed by atoms with Gasteiger partial charge in [0.25, 0.3) is 0 Å². The van der Waals surface area contributed by atoms with Crippen LogP contribution < -0.4 is 9.47 Å². The highest BCUT2D eigenvalue weighted by Gasteiger charge is 2.11. The smallest absolute Gasteiger partial charge is 0.185 e. The molecule has 23 heavy (non-hydrogen) atoms. The number of terminal acetylenes is 1. The van der Waals surface area contributed by atoms with Gasteiger partial charge in [0.05, 0.1) is 12.1 Å². The van der Waals surface area contributed by atoms with Crippen LogP contribution in [0.25, 0.3) is 6.08 Å². The molecule has 0 heterocycles. The zero-order valence-electron chi connectivity index (χ0n) is 12.6. The highest BCUT2D eigenvalue weighted by molar-refractivity contribution is 6.32. The second-order valence-electron chi connectivity index (χ2n) is 4.59. The Kier molecular flexibility index (Phi) is 5.85. The molecule has 0 spiro atoms. The SMILES string of the molecule is C#CCOc1c(Cl)cc(/C=C/C(=O)c2ccccc2)cc1OC. The number of allylic oxidation sites excluding steroid dienone is 1. The van der Waals surface area contributed by atoms with Crippen LogP contribution in [0.3, 0.4) is 0 Å². The van der Waals surface area contributed by atoms with E-state index in [0.717, 1.165) is 5.56 Å². The first-order valence-corrected chi connectivity index (χ1v) is 7.24. The van der Waals surface area contributed by atoms with E-state index in [0.29, 0.717) is 22.1 Å². The number of methoxy groups -OCH3 is 1. The number of carbonyl (C=O) groups excluding carboxylic acids is 1. The van der Waals surface area contributed by atoms with Gasteiger partial charge in [-0.1, -0.05) is 53.9 Å². The number of rotatable bonds is 6. The Hall–Kier alpha value is -2.70. The van der Waals surface area contributed by atoms with Crippen molar-refractivity contribution in [1.29, 1.82) is 0 Å². The normalized spacial score (nSPS) is 10.3. The summed E-state index contributed by atoms with van der Waals surface area (Å²) in [7, 11) is 1.51. The highest BCUT2D eigenvalue weighted by Crippen LogP contribution is 2.36. The van der Waals surface area contributed by atoms with Crippen LogP contribution in [0, 0.1) is 12.3 Å². The van der Waals surface area contributed by atoms with E-state index < -0.39 is 0 Å². The Morgan fingerprint density at radius 2 is 2.04 bits per heavy atom. The minimum Gasteiger partial charge on any atom is -0.493 e. The fraction of sp³-hybridized carbons (Fsp3) is 0.105. The molecule has 2 rings (SSSR count). The monoisotopic (exact) mass is 326 g/mol. The summed E-state index contributed by atoms with van der Waals surface area (Å²) in [4.78, 5) is 12.1. The minimum atomic E-state index is -0.0895. The third-order valence-electron chi connectivity index (χ3n) is 3.04. The molecule has 3 nitrogen and oxygen atoms in total. The van der Waals surface area contributed by atoms with E-state index in [1.54, 1.807) is 30.3 Å². The Bertz CT molecular complexity index is 758. The Balaban J connectivity index is 2.24. The first kappa shape index (κ1) is 16.7. The molecule has 0 saturated carbocycles. The van der Waals surface area contributed by atoms with Gasteiger partial charge in [-0.15, -0.1) is 6.42 Å². The van der Waals surface area contributed by atoms with Gasteiger partial charge in [-0.3, -0.25) is 4.79 Å². The van der Waals surface area contributed by atoms with Crippen LogP contribution in [0.4, 0.5) is 0 Å². The Labute approximate surface area is 140 Å². The van der Waals surface area contributed by atoms with Crippen molar-refractivity contribution in [2.45, 2.75) is 0 Å². The van der Waals surface area contributed by atoms with Gasteiger partial charge in [0, 0.05) is 5.56 Å². The van der Waals surface area contributed by atoms with Gasteiger partial charge in [0.15, 0.2) is 17.3 Å². The number of benzene rings is 2. The Morgan fingerprint density at radius 3 is 2.70 bits per heavy atom. The lowest BCUT2D eigenvalue weighted by Gasteiger charge is -2.11. The van der Waals surface area contributed by atoms with Crippen molar-refractivity contribution in [1.82, 2.24) is 0 Å². The summed E-state index contributed by atoms with van der Waals surface area (Å²) >= 11 is 6.19. The van der Waals surface area contributed by atoms with Gasteiger partial charge >= 0.3 is 0 Å². The lowest BCUT2D eigenvalue weighted by atomic mass is 10.1. The topological polar surface area (TPSA) is 35.5 Å². The molecule has 2 aromatic rings. The number of carbonyl (C=O) groups is 1. The quantitative estimate of drug-likeness (QED) is 0.452. The van der Waals surface area contributed by atoms with Crippen LogP contribution in [0.15, 0.2) is 48.5 Å². The molecular formula is C19H15ClO3. The van der Waals surface area contributed by atoms with Crippen molar-refractivity contribution in [2.24, 2.45) is 0 Å². The summed E-state index contributed by atoms with van der Waals surface area (Å²) in [5.41, 5.74) is 1.35. The summed E-state index contributed by atoms with van der Waals surface area (Å²) in [5, 5.41) is 0.367. The largest absolute Gasteiger partial charge is 0.493 e. The molecule has 2 aromatic carbocycles. The molecule has 0 atom stereocenters. The number of hydrogen-bond acceptors (Lipinski definition) is 3. The van der Waals surface area contributed by atoms with E-state index in [-0.39, 0.29) is 12.4 Å². The molecule has 0 saturated heterocycles. The van der Waals surface area contributed by atoms with Crippen LogP contribution >= 0.6 is 11.6 Å². The zero-order valence-corrected chi connectivity index (χ0v) is 13.3. The summed E-state index contributed by atoms with van der Waals surface area (Å²) in [6.45, 7) is 0.0950. The predicted octanol–water partition coefficient (Wildman–Crippen LogP) is 4.26. The van der Waals surface area contributed by atoms with Crippen LogP contribution in [0.5, 0.6) is 11.5 Å². The van der Waals surface area contributed by atoms with Gasteiger partial charge < -0.3 is 9.47 Å². The number of ether oxygens (including phenoxy) is 2. The highest BCUT2D eigenvalue weighted by atomic mass is 35.5. The van der Waals surface area contributed by atoms with Crippen molar-refractivity contribution < 1.29 is 14.3 Å². The number of halogens is 1. The Morgan fingerprint density at radius 1 is 1.30 bits per heavy atom. The average molecular weight is 327 g/mol. The second-order valence-corrected chi connectivity index (χ2v) is 5.00. The van der Waals surface area contributed by atoms with Crippen molar-refractivity contribution in [2.75, 3.05) is 13.7 Å². The number of hydrogen-bond donors (Lipinski definition) is 0. The standard InChI is InChI=1S/C19H15ClO3/c1-3-11-23-19-16(20)12-14(13-18(19)22-2)9-10-17(21)15-7-5-4-6-8-15/h1,4-10,12-13H,11H2,2H3/b10-9+. The van der Waals surface area contributed by atoms with E-state index in [9.17, 15) is 4.79 Å². The molecule has 0 bridgehead atoms. The first-order valence-electron chi connectivity index (χ1n) is 6.87. The molecule has 4 heteroatoms. The van der Waals surface area contributed by atoms with Crippen LogP contribution in [-0.2, 0) is 0 Å². The summed E-state index contributed by atoms with van der Waals surface area (Å²) in [5.74, 6) is 3.13. The van der Waals surface area contributed by atoms with E-state index in [4.69, 9.17) is 27.5 Å². The third kappa shape index (κ3) is 4.38. The van der Waals surface area contributed by atoms with E-state index in [1.807, 2.05) is 18.2 Å². The molecule has 116 valence electrons. The molecule has 0 fully saturated rings. The van der Waals surface area contributed by atoms with Crippen molar-refractivity contribution in [3.8, 4) is 23.8 Å². The van der Waals surface area contributed by atoms with Gasteiger partial charge in [0.2, 0.25) is 0 Å². The first-order chi connectivity index (χ1) is 11.2. The summed E-state index contributed by atoms with van der Waals surface area (Å²) in [6.07, 6.45) is 8.34. The maximum Gasteiger partial charge on any atom is 0.185 e. The minimum absolute atomic E-state index is 0.0895. The third-order valence-corrected chi connectivity index (χ3v) is 3.32. The second kappa shape index (κ2) is 8.07. The zero-order chi connectivity index (χ0) is 16.7.